The van der Waals surface area contributed by atoms with Gasteiger partial charge in [-0.25, -0.2) is 4.98 Å². The van der Waals surface area contributed by atoms with Gasteiger partial charge >= 0.3 is 0 Å². The smallest absolute Gasteiger partial charge is 0.258 e. The first-order chi connectivity index (χ1) is 13.0. The highest BCUT2D eigenvalue weighted by Crippen LogP contribution is 2.33. The summed E-state index contributed by atoms with van der Waals surface area (Å²) in [5.74, 6) is 1.36. The van der Waals surface area contributed by atoms with E-state index in [4.69, 9.17) is 11.6 Å². The van der Waals surface area contributed by atoms with E-state index in [2.05, 4.69) is 20.2 Å². The van der Waals surface area contributed by atoms with E-state index in [-0.39, 0.29) is 10.8 Å². The summed E-state index contributed by atoms with van der Waals surface area (Å²) in [6.07, 6.45) is 0. The van der Waals surface area contributed by atoms with Gasteiger partial charge in [0.25, 0.3) is 5.56 Å². The van der Waals surface area contributed by atoms with E-state index in [9.17, 15) is 4.79 Å². The van der Waals surface area contributed by atoms with Gasteiger partial charge in [-0.15, -0.1) is 10.2 Å². The predicted octanol–water partition coefficient (Wildman–Crippen LogP) is 4.23. The minimum absolute atomic E-state index is 0.0942. The number of nitrogens with one attached hydrogen (secondary N) is 1. The molecule has 0 spiro atoms. The van der Waals surface area contributed by atoms with Gasteiger partial charge < -0.3 is 9.55 Å². The van der Waals surface area contributed by atoms with Gasteiger partial charge in [0.1, 0.15) is 5.82 Å². The number of halogens is 1. The molecule has 1 atom stereocenters. The summed E-state index contributed by atoms with van der Waals surface area (Å²) in [4.78, 5) is 19.8. The number of fused-ring (bicyclic) bond motifs is 1. The van der Waals surface area contributed by atoms with Crippen LogP contribution in [0.2, 0.25) is 5.02 Å². The first-order valence-corrected chi connectivity index (χ1v) is 9.59. The molecule has 2 aromatic heterocycles. The first-order valence-electron chi connectivity index (χ1n) is 8.34. The average molecular weight is 398 g/mol. The van der Waals surface area contributed by atoms with Crippen molar-refractivity contribution in [3.05, 3.63) is 69.7 Å². The molecule has 0 saturated heterocycles. The van der Waals surface area contributed by atoms with Crippen LogP contribution < -0.4 is 5.56 Å². The average Bonchev–Trinajstić information content (AvgIpc) is 3.03. The summed E-state index contributed by atoms with van der Waals surface area (Å²) in [5, 5.41) is 10.5. The Bertz CT molecular complexity index is 1170. The summed E-state index contributed by atoms with van der Waals surface area (Å²) in [7, 11) is 1.91. The lowest BCUT2D eigenvalue weighted by Gasteiger charge is -2.11. The molecular formula is C19H16ClN5OS. The second kappa shape index (κ2) is 7.17. The van der Waals surface area contributed by atoms with Crippen molar-refractivity contribution >= 4 is 34.3 Å². The van der Waals surface area contributed by atoms with E-state index in [1.807, 2.05) is 61.0 Å². The molecule has 136 valence electrons. The van der Waals surface area contributed by atoms with Crippen molar-refractivity contribution < 1.29 is 0 Å². The van der Waals surface area contributed by atoms with E-state index in [0.717, 1.165) is 16.5 Å². The molecule has 2 heterocycles. The fourth-order valence-electron chi connectivity index (χ4n) is 2.78. The molecule has 1 N–H and O–H groups in total. The van der Waals surface area contributed by atoms with Gasteiger partial charge in [0.2, 0.25) is 0 Å². The van der Waals surface area contributed by atoms with Gasteiger partial charge in [0, 0.05) is 17.6 Å². The third-order valence-electron chi connectivity index (χ3n) is 4.24. The topological polar surface area (TPSA) is 76.5 Å². The normalized spacial score (nSPS) is 12.4. The highest BCUT2D eigenvalue weighted by Gasteiger charge is 2.17. The third-order valence-corrected chi connectivity index (χ3v) is 5.63. The molecule has 0 unspecified atom stereocenters. The number of rotatable bonds is 4. The van der Waals surface area contributed by atoms with E-state index >= 15 is 0 Å². The van der Waals surface area contributed by atoms with Crippen molar-refractivity contribution in [2.45, 2.75) is 17.3 Å². The molecule has 0 fully saturated rings. The first kappa shape index (κ1) is 17.8. The number of hydrogen-bond donors (Lipinski definition) is 1. The lowest BCUT2D eigenvalue weighted by atomic mass is 10.2. The molecule has 0 aliphatic heterocycles. The van der Waals surface area contributed by atoms with Crippen molar-refractivity contribution in [2.75, 3.05) is 0 Å². The summed E-state index contributed by atoms with van der Waals surface area (Å²) in [6.45, 7) is 1.98. The Hall–Kier alpha value is -2.64. The molecule has 0 amide bonds. The standard InChI is InChI=1S/C19H16ClN5OS/c1-11(16-21-15-6-4-3-5-14(15)18(26)22-16)27-19-24-23-17(25(19)2)12-7-9-13(20)10-8-12/h3-11H,1-2H3,(H,21,22,26)/t11-/m1/s1. The van der Waals surface area contributed by atoms with Crippen LogP contribution in [0.25, 0.3) is 22.3 Å². The summed E-state index contributed by atoms with van der Waals surface area (Å²) < 4.78 is 1.92. The molecule has 4 rings (SSSR count). The van der Waals surface area contributed by atoms with E-state index in [1.165, 1.54) is 11.8 Å². The van der Waals surface area contributed by atoms with Crippen LogP contribution in [0.1, 0.15) is 18.0 Å². The number of nitrogens with zero attached hydrogens (tertiary/aromatic N) is 4. The minimum Gasteiger partial charge on any atom is -0.309 e. The van der Waals surface area contributed by atoms with Crippen LogP contribution in [0.5, 0.6) is 0 Å². The van der Waals surface area contributed by atoms with E-state index in [1.54, 1.807) is 6.07 Å². The third kappa shape index (κ3) is 3.48. The van der Waals surface area contributed by atoms with Crippen LogP contribution in [-0.4, -0.2) is 24.7 Å². The van der Waals surface area contributed by atoms with Gasteiger partial charge in [-0.3, -0.25) is 4.79 Å². The molecule has 0 radical (unpaired) electrons. The van der Waals surface area contributed by atoms with Gasteiger partial charge in [0.05, 0.1) is 16.2 Å². The Labute approximate surface area is 164 Å². The zero-order valence-corrected chi connectivity index (χ0v) is 16.3. The highest BCUT2D eigenvalue weighted by molar-refractivity contribution is 7.99. The largest absolute Gasteiger partial charge is 0.309 e. The van der Waals surface area contributed by atoms with Crippen molar-refractivity contribution in [1.29, 1.82) is 0 Å². The SMILES string of the molecule is C[C@@H](Sc1nnc(-c2ccc(Cl)cc2)n1C)c1nc2ccccc2c(=O)[nH]1. The number of H-pyrrole nitrogens is 1. The maximum absolute atomic E-state index is 12.3. The summed E-state index contributed by atoms with van der Waals surface area (Å²) >= 11 is 7.44. The minimum atomic E-state index is -0.136. The molecule has 0 aliphatic rings. The quantitative estimate of drug-likeness (QED) is 0.521. The molecule has 0 saturated carbocycles. The highest BCUT2D eigenvalue weighted by atomic mass is 35.5. The molecule has 8 heteroatoms. The van der Waals surface area contributed by atoms with Crippen molar-refractivity contribution in [2.24, 2.45) is 7.05 Å². The molecule has 4 aromatic rings. The molecule has 27 heavy (non-hydrogen) atoms. The van der Waals surface area contributed by atoms with Gasteiger partial charge in [0.15, 0.2) is 11.0 Å². The Morgan fingerprint density at radius 3 is 2.63 bits per heavy atom. The maximum Gasteiger partial charge on any atom is 0.258 e. The van der Waals surface area contributed by atoms with Crippen molar-refractivity contribution in [1.82, 2.24) is 24.7 Å². The number of benzene rings is 2. The van der Waals surface area contributed by atoms with Gasteiger partial charge in [-0.2, -0.15) is 0 Å². The zero-order valence-electron chi connectivity index (χ0n) is 14.7. The number of aromatic amines is 1. The Kier molecular flexibility index (Phi) is 4.72. The predicted molar refractivity (Wildman–Crippen MR) is 108 cm³/mol. The molecule has 6 nitrogen and oxygen atoms in total. The Morgan fingerprint density at radius 2 is 1.85 bits per heavy atom. The number of para-hydroxylation sites is 1. The van der Waals surface area contributed by atoms with Gasteiger partial charge in [-0.1, -0.05) is 35.5 Å². The fraction of sp³-hybridized carbons (Fsp3) is 0.158. The molecular weight excluding hydrogens is 382 g/mol. The van der Waals surface area contributed by atoms with Crippen LogP contribution in [0, 0.1) is 0 Å². The maximum atomic E-state index is 12.3. The van der Waals surface area contributed by atoms with Crippen LogP contribution in [0.4, 0.5) is 0 Å². The fourth-order valence-corrected chi connectivity index (χ4v) is 3.78. The second-order valence-corrected chi connectivity index (χ2v) is 7.84. The number of hydrogen-bond acceptors (Lipinski definition) is 5. The molecule has 0 aliphatic carbocycles. The summed E-state index contributed by atoms with van der Waals surface area (Å²) in [5.41, 5.74) is 1.48. The van der Waals surface area contributed by atoms with Gasteiger partial charge in [-0.05, 0) is 43.3 Å². The van der Waals surface area contributed by atoms with Crippen molar-refractivity contribution in [3.8, 4) is 11.4 Å². The van der Waals surface area contributed by atoms with E-state index < -0.39 is 0 Å². The lowest BCUT2D eigenvalue weighted by molar-refractivity contribution is 0.786. The van der Waals surface area contributed by atoms with Crippen LogP contribution >= 0.6 is 23.4 Å². The van der Waals surface area contributed by atoms with Crippen LogP contribution in [0.15, 0.2) is 58.5 Å². The Balaban J connectivity index is 1.63. The van der Waals surface area contributed by atoms with Crippen LogP contribution in [-0.2, 0) is 7.05 Å². The Morgan fingerprint density at radius 1 is 1.11 bits per heavy atom. The summed E-state index contributed by atoms with van der Waals surface area (Å²) in [6, 6.07) is 14.8. The molecule has 0 bridgehead atoms. The van der Waals surface area contributed by atoms with Crippen LogP contribution in [0.3, 0.4) is 0 Å². The monoisotopic (exact) mass is 397 g/mol. The second-order valence-electron chi connectivity index (χ2n) is 6.10. The van der Waals surface area contributed by atoms with Crippen molar-refractivity contribution in [3.63, 3.8) is 0 Å². The molecule has 2 aromatic carbocycles. The zero-order chi connectivity index (χ0) is 19.0. The number of thioether (sulfide) groups is 1. The lowest BCUT2D eigenvalue weighted by Crippen LogP contribution is -2.13. The van der Waals surface area contributed by atoms with E-state index in [0.29, 0.717) is 21.7 Å². The number of aromatic nitrogens is 5.